The molecular weight excluding hydrogens is 286 g/mol. The van der Waals surface area contributed by atoms with Gasteiger partial charge in [-0.3, -0.25) is 0 Å². The molecule has 0 bridgehead atoms. The number of ether oxygens (including phenoxy) is 1. The van der Waals surface area contributed by atoms with Gasteiger partial charge >= 0.3 is 6.09 Å². The highest BCUT2D eigenvalue weighted by Gasteiger charge is 2.23. The zero-order valence-electron chi connectivity index (χ0n) is 13.4. The van der Waals surface area contributed by atoms with E-state index >= 15 is 0 Å². The normalized spacial score (nSPS) is 14.3. The number of hydrogen-bond acceptors (Lipinski definition) is 6. The van der Waals surface area contributed by atoms with Crippen molar-refractivity contribution in [1.29, 1.82) is 0 Å². The lowest BCUT2D eigenvalue weighted by molar-refractivity contribution is 0.0127. The minimum absolute atomic E-state index is 0.153. The summed E-state index contributed by atoms with van der Waals surface area (Å²) >= 11 is 0. The van der Waals surface area contributed by atoms with Crippen LogP contribution < -0.4 is 16.8 Å². The molecule has 0 aliphatic carbocycles. The Bertz CT molecular complexity index is 540. The average molecular weight is 311 g/mol. The summed E-state index contributed by atoms with van der Waals surface area (Å²) in [5, 5.41) is 22.6. The van der Waals surface area contributed by atoms with E-state index in [-0.39, 0.29) is 6.54 Å². The summed E-state index contributed by atoms with van der Waals surface area (Å²) in [6, 6.07) is 3.15. The van der Waals surface area contributed by atoms with Gasteiger partial charge in [0.1, 0.15) is 17.8 Å². The van der Waals surface area contributed by atoms with Crippen LogP contribution in [0.3, 0.4) is 0 Å². The SMILES string of the molecule is Cc1cc(N)c(N)cc1C(O)C(O)CNC(=O)OC(C)(C)C. The van der Waals surface area contributed by atoms with E-state index in [1.165, 1.54) is 6.07 Å². The Morgan fingerprint density at radius 3 is 2.36 bits per heavy atom. The number of aliphatic hydroxyl groups excluding tert-OH is 2. The summed E-state index contributed by atoms with van der Waals surface area (Å²) in [5.74, 6) is 0. The second-order valence-corrected chi connectivity index (χ2v) is 6.23. The fraction of sp³-hybridized carbons (Fsp3) is 0.533. The third kappa shape index (κ3) is 5.09. The van der Waals surface area contributed by atoms with Crippen LogP contribution in [-0.2, 0) is 4.74 Å². The molecule has 0 radical (unpaired) electrons. The first-order valence-electron chi connectivity index (χ1n) is 6.99. The maximum atomic E-state index is 11.5. The molecule has 0 fully saturated rings. The number of rotatable bonds is 4. The number of anilines is 2. The van der Waals surface area contributed by atoms with Gasteiger partial charge in [0, 0.05) is 6.54 Å². The zero-order chi connectivity index (χ0) is 17.1. The predicted molar refractivity (Wildman–Crippen MR) is 85.2 cm³/mol. The minimum atomic E-state index is -1.20. The molecule has 1 aromatic rings. The van der Waals surface area contributed by atoms with E-state index in [4.69, 9.17) is 16.2 Å². The molecule has 0 aromatic heterocycles. The maximum absolute atomic E-state index is 11.5. The number of nitrogen functional groups attached to an aromatic ring is 2. The van der Waals surface area contributed by atoms with Gasteiger partial charge in [-0.2, -0.15) is 0 Å². The predicted octanol–water partition coefficient (Wildman–Crippen LogP) is 1.08. The monoisotopic (exact) mass is 311 g/mol. The Morgan fingerprint density at radius 2 is 1.82 bits per heavy atom. The maximum Gasteiger partial charge on any atom is 0.407 e. The highest BCUT2D eigenvalue weighted by molar-refractivity contribution is 5.68. The highest BCUT2D eigenvalue weighted by atomic mass is 16.6. The van der Waals surface area contributed by atoms with Gasteiger partial charge < -0.3 is 31.7 Å². The minimum Gasteiger partial charge on any atom is -0.444 e. The molecule has 7 N–H and O–H groups in total. The quantitative estimate of drug-likeness (QED) is 0.529. The molecule has 1 rings (SSSR count). The van der Waals surface area contributed by atoms with E-state index in [1.807, 2.05) is 0 Å². The van der Waals surface area contributed by atoms with Gasteiger partial charge in [-0.1, -0.05) is 0 Å². The second kappa shape index (κ2) is 6.85. The lowest BCUT2D eigenvalue weighted by atomic mass is 9.98. The van der Waals surface area contributed by atoms with Crippen LogP contribution in [0, 0.1) is 6.92 Å². The molecule has 0 aliphatic heterocycles. The van der Waals surface area contributed by atoms with Crippen LogP contribution in [0.5, 0.6) is 0 Å². The first kappa shape index (κ1) is 18.1. The van der Waals surface area contributed by atoms with Crippen molar-refractivity contribution in [2.45, 2.75) is 45.5 Å². The third-order valence-electron chi connectivity index (χ3n) is 3.01. The number of amides is 1. The number of nitrogens with two attached hydrogens (primary N) is 2. The smallest absolute Gasteiger partial charge is 0.407 e. The molecule has 22 heavy (non-hydrogen) atoms. The van der Waals surface area contributed by atoms with Crippen molar-refractivity contribution in [3.05, 3.63) is 23.3 Å². The van der Waals surface area contributed by atoms with Gasteiger partial charge in [-0.25, -0.2) is 4.79 Å². The van der Waals surface area contributed by atoms with Gasteiger partial charge in [0.05, 0.1) is 11.4 Å². The third-order valence-corrected chi connectivity index (χ3v) is 3.01. The van der Waals surface area contributed by atoms with Crippen LogP contribution in [0.25, 0.3) is 0 Å². The van der Waals surface area contributed by atoms with Gasteiger partial charge in [-0.05, 0) is 51.0 Å². The van der Waals surface area contributed by atoms with Crippen molar-refractivity contribution in [2.24, 2.45) is 0 Å². The van der Waals surface area contributed by atoms with E-state index in [0.717, 1.165) is 0 Å². The van der Waals surface area contributed by atoms with Crippen molar-refractivity contribution in [3.63, 3.8) is 0 Å². The number of hydrogen-bond donors (Lipinski definition) is 5. The lowest BCUT2D eigenvalue weighted by Crippen LogP contribution is -2.39. The highest BCUT2D eigenvalue weighted by Crippen LogP contribution is 2.27. The summed E-state index contributed by atoms with van der Waals surface area (Å²) in [5.41, 5.74) is 12.7. The summed E-state index contributed by atoms with van der Waals surface area (Å²) in [4.78, 5) is 11.5. The fourth-order valence-electron chi connectivity index (χ4n) is 1.90. The number of alkyl carbamates (subject to hydrolysis) is 1. The van der Waals surface area contributed by atoms with Gasteiger partial charge in [0.2, 0.25) is 0 Å². The van der Waals surface area contributed by atoms with Crippen molar-refractivity contribution in [2.75, 3.05) is 18.0 Å². The standard InChI is InChI=1S/C15H25N3O4/c1-8-5-10(16)11(17)6-9(8)13(20)12(19)7-18-14(21)22-15(2,3)4/h5-6,12-13,19-20H,7,16-17H2,1-4H3,(H,18,21). The first-order valence-corrected chi connectivity index (χ1v) is 6.99. The van der Waals surface area contributed by atoms with Gasteiger partial charge in [0.25, 0.3) is 0 Å². The summed E-state index contributed by atoms with van der Waals surface area (Å²) < 4.78 is 5.05. The molecule has 1 amide bonds. The van der Waals surface area contributed by atoms with E-state index in [1.54, 1.807) is 33.8 Å². The second-order valence-electron chi connectivity index (χ2n) is 6.23. The number of carbonyl (C=O) groups is 1. The van der Waals surface area contributed by atoms with Crippen molar-refractivity contribution >= 4 is 17.5 Å². The number of aryl methyl sites for hydroxylation is 1. The van der Waals surface area contributed by atoms with Crippen LogP contribution in [0.15, 0.2) is 12.1 Å². The summed E-state index contributed by atoms with van der Waals surface area (Å²) in [6.07, 6.45) is -3.06. The Kier molecular flexibility index (Phi) is 5.62. The largest absolute Gasteiger partial charge is 0.444 e. The molecule has 124 valence electrons. The molecular formula is C15H25N3O4. The molecule has 1 aromatic carbocycles. The zero-order valence-corrected chi connectivity index (χ0v) is 13.4. The molecule has 0 heterocycles. The number of benzene rings is 1. The molecule has 0 spiro atoms. The van der Waals surface area contributed by atoms with Gasteiger partial charge in [0.15, 0.2) is 0 Å². The van der Waals surface area contributed by atoms with E-state index in [9.17, 15) is 15.0 Å². The molecule has 0 saturated carbocycles. The lowest BCUT2D eigenvalue weighted by Gasteiger charge is -2.23. The molecule has 0 aliphatic rings. The summed E-state index contributed by atoms with van der Waals surface area (Å²) in [7, 11) is 0. The topological polar surface area (TPSA) is 131 Å². The van der Waals surface area contributed by atoms with Crippen LogP contribution in [-0.4, -0.2) is 34.6 Å². The summed E-state index contributed by atoms with van der Waals surface area (Å²) in [6.45, 7) is 6.80. The number of aliphatic hydroxyl groups is 2. The molecule has 7 heteroatoms. The number of nitrogens with one attached hydrogen (secondary N) is 1. The molecule has 2 atom stereocenters. The Morgan fingerprint density at radius 1 is 1.27 bits per heavy atom. The first-order chi connectivity index (χ1) is 10.0. The van der Waals surface area contributed by atoms with E-state index in [0.29, 0.717) is 22.5 Å². The fourth-order valence-corrected chi connectivity index (χ4v) is 1.90. The van der Waals surface area contributed by atoms with E-state index in [2.05, 4.69) is 5.32 Å². The van der Waals surface area contributed by atoms with Crippen LogP contribution in [0.4, 0.5) is 16.2 Å². The van der Waals surface area contributed by atoms with Gasteiger partial charge in [-0.15, -0.1) is 0 Å². The van der Waals surface area contributed by atoms with Crippen LogP contribution >= 0.6 is 0 Å². The molecule has 2 unspecified atom stereocenters. The average Bonchev–Trinajstić information content (AvgIpc) is 2.37. The van der Waals surface area contributed by atoms with E-state index < -0.39 is 23.9 Å². The molecule has 0 saturated heterocycles. The number of carbonyl (C=O) groups excluding carboxylic acids is 1. The van der Waals surface area contributed by atoms with Crippen molar-refractivity contribution in [1.82, 2.24) is 5.32 Å². The Balaban J connectivity index is 2.68. The molecule has 7 nitrogen and oxygen atoms in total. The van der Waals surface area contributed by atoms with Crippen LogP contribution in [0.2, 0.25) is 0 Å². The Hall–Kier alpha value is -1.99. The van der Waals surface area contributed by atoms with Crippen molar-refractivity contribution in [3.8, 4) is 0 Å². The Labute approximate surface area is 130 Å². The van der Waals surface area contributed by atoms with Crippen LogP contribution in [0.1, 0.15) is 38.0 Å². The van der Waals surface area contributed by atoms with Crippen molar-refractivity contribution < 1.29 is 19.7 Å².